The van der Waals surface area contributed by atoms with Crippen LogP contribution < -0.4 is 5.73 Å². The average molecular weight is 294 g/mol. The van der Waals surface area contributed by atoms with Crippen LogP contribution in [0, 0.1) is 36.0 Å². The highest BCUT2D eigenvalue weighted by Gasteiger charge is 2.26. The van der Waals surface area contributed by atoms with Gasteiger partial charge in [-0.05, 0) is 6.92 Å². The van der Waals surface area contributed by atoms with Crippen molar-refractivity contribution >= 4 is 16.5 Å². The van der Waals surface area contributed by atoms with Gasteiger partial charge in [-0.15, -0.1) is 11.3 Å². The van der Waals surface area contributed by atoms with Gasteiger partial charge in [0, 0.05) is 16.9 Å². The van der Waals surface area contributed by atoms with Crippen LogP contribution in [0.2, 0.25) is 0 Å². The van der Waals surface area contributed by atoms with Crippen LogP contribution in [-0.2, 0) is 6.42 Å². The Morgan fingerprint density at radius 3 is 1.84 bits per heavy atom. The van der Waals surface area contributed by atoms with Crippen LogP contribution in [0.25, 0.3) is 0 Å². The van der Waals surface area contributed by atoms with Gasteiger partial charge in [0.25, 0.3) is 0 Å². The zero-order valence-electron chi connectivity index (χ0n) is 9.53. The van der Waals surface area contributed by atoms with Gasteiger partial charge < -0.3 is 5.73 Å². The molecule has 0 atom stereocenters. The average Bonchev–Trinajstić information content (AvgIpc) is 2.68. The molecule has 0 saturated carbocycles. The van der Waals surface area contributed by atoms with Gasteiger partial charge in [0.05, 0.1) is 5.69 Å². The summed E-state index contributed by atoms with van der Waals surface area (Å²) in [6.45, 7) is 1.54. The van der Waals surface area contributed by atoms with Gasteiger partial charge >= 0.3 is 0 Å². The lowest BCUT2D eigenvalue weighted by Gasteiger charge is -2.07. The van der Waals surface area contributed by atoms with Crippen molar-refractivity contribution in [2.24, 2.45) is 0 Å². The van der Waals surface area contributed by atoms with E-state index in [1.54, 1.807) is 0 Å². The smallest absolute Gasteiger partial charge is 0.200 e. The van der Waals surface area contributed by atoms with Gasteiger partial charge in [0.2, 0.25) is 5.82 Å². The Balaban J connectivity index is 2.55. The quantitative estimate of drug-likeness (QED) is 0.524. The maximum absolute atomic E-state index is 13.5. The number of rotatable bonds is 2. The van der Waals surface area contributed by atoms with E-state index >= 15 is 0 Å². The van der Waals surface area contributed by atoms with E-state index in [-0.39, 0.29) is 5.13 Å². The highest BCUT2D eigenvalue weighted by Crippen LogP contribution is 2.28. The number of nitrogens with zero attached hydrogens (tertiary/aromatic N) is 1. The van der Waals surface area contributed by atoms with Crippen molar-refractivity contribution in [2.45, 2.75) is 13.3 Å². The first kappa shape index (κ1) is 13.7. The molecule has 0 saturated heterocycles. The first-order valence-corrected chi connectivity index (χ1v) is 5.86. The van der Waals surface area contributed by atoms with Crippen LogP contribution in [0.5, 0.6) is 0 Å². The molecule has 1 heterocycles. The number of nitrogen functional groups attached to an aromatic ring is 1. The van der Waals surface area contributed by atoms with Crippen molar-refractivity contribution in [3.63, 3.8) is 0 Å². The fraction of sp³-hybridized carbons (Fsp3) is 0.182. The van der Waals surface area contributed by atoms with Crippen LogP contribution in [0.1, 0.15) is 16.1 Å². The first-order valence-electron chi connectivity index (χ1n) is 5.05. The van der Waals surface area contributed by atoms with Crippen LogP contribution in [0.15, 0.2) is 0 Å². The van der Waals surface area contributed by atoms with Crippen molar-refractivity contribution in [1.29, 1.82) is 0 Å². The summed E-state index contributed by atoms with van der Waals surface area (Å²) < 4.78 is 65.8. The largest absolute Gasteiger partial charge is 0.375 e. The molecule has 2 aromatic rings. The maximum Gasteiger partial charge on any atom is 0.200 e. The van der Waals surface area contributed by atoms with Crippen LogP contribution in [0.4, 0.5) is 27.1 Å². The molecule has 0 aliphatic heterocycles. The molecule has 0 spiro atoms. The molecule has 19 heavy (non-hydrogen) atoms. The fourth-order valence-corrected chi connectivity index (χ4v) is 2.43. The molecule has 1 aromatic carbocycles. The van der Waals surface area contributed by atoms with Crippen LogP contribution in [0.3, 0.4) is 0 Å². The van der Waals surface area contributed by atoms with Gasteiger partial charge in [-0.2, -0.15) is 0 Å². The third kappa shape index (κ3) is 2.27. The predicted octanol–water partition coefficient (Wildman–Crippen LogP) is 3.32. The summed E-state index contributed by atoms with van der Waals surface area (Å²) in [5.74, 6) is -9.74. The minimum atomic E-state index is -2.17. The van der Waals surface area contributed by atoms with E-state index in [9.17, 15) is 22.0 Å². The number of aromatic nitrogens is 1. The second-order valence-corrected chi connectivity index (χ2v) is 4.90. The highest BCUT2D eigenvalue weighted by molar-refractivity contribution is 7.15. The molecule has 2 rings (SSSR count). The molecule has 2 N–H and O–H groups in total. The number of nitrogens with two attached hydrogens (primary N) is 1. The molecule has 0 aliphatic rings. The monoisotopic (exact) mass is 294 g/mol. The lowest BCUT2D eigenvalue weighted by molar-refractivity contribution is 0.371. The molecule has 8 heteroatoms. The third-order valence-corrected chi connectivity index (χ3v) is 3.53. The standard InChI is InChI=1S/C11H7F5N2S/c1-3-5(19-11(17)18-3)2-4-6(12)8(14)10(16)9(15)7(4)13/h2H2,1H3,(H2,17,18). The Kier molecular flexibility index (Phi) is 3.44. The summed E-state index contributed by atoms with van der Waals surface area (Å²) in [5.41, 5.74) is 4.91. The van der Waals surface area contributed by atoms with E-state index < -0.39 is 41.1 Å². The van der Waals surface area contributed by atoms with Gasteiger partial charge in [-0.3, -0.25) is 0 Å². The van der Waals surface area contributed by atoms with Crippen molar-refractivity contribution in [2.75, 3.05) is 5.73 Å². The molecule has 0 unspecified atom stereocenters. The molecule has 0 aliphatic carbocycles. The van der Waals surface area contributed by atoms with Crippen molar-refractivity contribution in [3.8, 4) is 0 Å². The van der Waals surface area contributed by atoms with E-state index in [0.29, 0.717) is 10.6 Å². The highest BCUT2D eigenvalue weighted by atomic mass is 32.1. The molecule has 0 radical (unpaired) electrons. The second kappa shape index (κ2) is 4.76. The van der Waals surface area contributed by atoms with Crippen molar-refractivity contribution < 1.29 is 22.0 Å². The van der Waals surface area contributed by atoms with E-state index in [4.69, 9.17) is 5.73 Å². The topological polar surface area (TPSA) is 38.9 Å². The summed E-state index contributed by atoms with van der Waals surface area (Å²) >= 11 is 0.937. The predicted molar refractivity (Wildman–Crippen MR) is 60.3 cm³/mol. The van der Waals surface area contributed by atoms with E-state index in [2.05, 4.69) is 4.98 Å². The van der Waals surface area contributed by atoms with Crippen molar-refractivity contribution in [1.82, 2.24) is 4.98 Å². The van der Waals surface area contributed by atoms with E-state index in [1.807, 2.05) is 0 Å². The normalized spacial score (nSPS) is 11.1. The molecular weight excluding hydrogens is 287 g/mol. The Morgan fingerprint density at radius 2 is 1.42 bits per heavy atom. The number of aryl methyl sites for hydroxylation is 1. The van der Waals surface area contributed by atoms with Crippen LogP contribution >= 0.6 is 11.3 Å². The fourth-order valence-electron chi connectivity index (χ4n) is 1.58. The van der Waals surface area contributed by atoms with Gasteiger partial charge in [-0.1, -0.05) is 0 Å². The minimum Gasteiger partial charge on any atom is -0.375 e. The minimum absolute atomic E-state index is 0.163. The number of thiazole rings is 1. The zero-order chi connectivity index (χ0) is 14.3. The summed E-state index contributed by atoms with van der Waals surface area (Å²) in [6.07, 6.45) is -0.452. The lowest BCUT2D eigenvalue weighted by Crippen LogP contribution is -2.07. The molecule has 0 fully saturated rings. The number of anilines is 1. The summed E-state index contributed by atoms with van der Waals surface area (Å²) in [4.78, 5) is 4.17. The molecule has 102 valence electrons. The van der Waals surface area contributed by atoms with Gasteiger partial charge in [0.1, 0.15) is 0 Å². The molecule has 0 amide bonds. The van der Waals surface area contributed by atoms with Crippen LogP contribution in [-0.4, -0.2) is 4.98 Å². The maximum atomic E-state index is 13.5. The second-order valence-electron chi connectivity index (χ2n) is 3.79. The lowest BCUT2D eigenvalue weighted by atomic mass is 10.1. The Hall–Kier alpha value is -1.70. The number of halogens is 5. The molecule has 1 aromatic heterocycles. The Morgan fingerprint density at radius 1 is 0.947 bits per heavy atom. The van der Waals surface area contributed by atoms with Gasteiger partial charge in [0.15, 0.2) is 28.4 Å². The number of hydrogen-bond donors (Lipinski definition) is 1. The number of benzene rings is 1. The third-order valence-electron chi connectivity index (χ3n) is 2.55. The Labute approximate surface area is 108 Å². The van der Waals surface area contributed by atoms with Gasteiger partial charge in [-0.25, -0.2) is 26.9 Å². The number of hydrogen-bond acceptors (Lipinski definition) is 3. The molecule has 0 bridgehead atoms. The zero-order valence-corrected chi connectivity index (χ0v) is 10.3. The van der Waals surface area contributed by atoms with E-state index in [1.165, 1.54) is 6.92 Å². The SMILES string of the molecule is Cc1nc(N)sc1Cc1c(F)c(F)c(F)c(F)c1F. The van der Waals surface area contributed by atoms with Crippen molar-refractivity contribution in [3.05, 3.63) is 45.2 Å². The Bertz CT molecular complexity index is 624. The summed E-state index contributed by atoms with van der Waals surface area (Å²) in [7, 11) is 0. The summed E-state index contributed by atoms with van der Waals surface area (Å²) in [5, 5.41) is 0.163. The van der Waals surface area contributed by atoms with E-state index in [0.717, 1.165) is 11.3 Å². The summed E-state index contributed by atoms with van der Waals surface area (Å²) in [6, 6.07) is 0. The first-order chi connectivity index (χ1) is 8.82. The molecule has 2 nitrogen and oxygen atoms in total. The molecular formula is C11H7F5N2S.